The van der Waals surface area contributed by atoms with E-state index < -0.39 is 5.97 Å². The van der Waals surface area contributed by atoms with Crippen molar-refractivity contribution in [2.24, 2.45) is 0 Å². The Bertz CT molecular complexity index is 814. The number of hydrogen-bond donors (Lipinski definition) is 2. The number of rotatable bonds is 3. The van der Waals surface area contributed by atoms with Gasteiger partial charge in [0.2, 0.25) is 5.76 Å². The monoisotopic (exact) mass is 329 g/mol. The first kappa shape index (κ1) is 13.2. The Kier molecular flexibility index (Phi) is 3.25. The largest absolute Gasteiger partial charge is 0.475 e. The SMILES string of the molecule is O=C(O)c1ccc(Nc2c(Cl)cc(Cl)c3nsnc23)o1. The van der Waals surface area contributed by atoms with E-state index in [0.29, 0.717) is 26.8 Å². The summed E-state index contributed by atoms with van der Waals surface area (Å²) in [6.07, 6.45) is 0. The molecule has 0 fully saturated rings. The van der Waals surface area contributed by atoms with Crippen molar-refractivity contribution in [2.75, 3.05) is 5.32 Å². The molecule has 3 rings (SSSR count). The fraction of sp³-hybridized carbons (Fsp3) is 0. The zero-order valence-electron chi connectivity index (χ0n) is 9.55. The highest BCUT2D eigenvalue weighted by atomic mass is 35.5. The van der Waals surface area contributed by atoms with Gasteiger partial charge in [0.25, 0.3) is 0 Å². The highest BCUT2D eigenvalue weighted by Gasteiger charge is 2.16. The van der Waals surface area contributed by atoms with Crippen LogP contribution in [0.15, 0.2) is 22.6 Å². The number of carboxylic acids is 1. The van der Waals surface area contributed by atoms with E-state index in [1.165, 1.54) is 18.2 Å². The molecule has 0 aliphatic heterocycles. The van der Waals surface area contributed by atoms with Crippen molar-refractivity contribution >= 4 is 63.5 Å². The number of fused-ring (bicyclic) bond motifs is 1. The lowest BCUT2D eigenvalue weighted by molar-refractivity contribution is 0.0663. The molecule has 3 aromatic rings. The van der Waals surface area contributed by atoms with Crippen LogP contribution < -0.4 is 5.32 Å². The number of nitrogens with zero attached hydrogens (tertiary/aromatic N) is 2. The molecule has 102 valence electrons. The Morgan fingerprint density at radius 1 is 1.25 bits per heavy atom. The molecule has 0 aliphatic carbocycles. The molecular weight excluding hydrogens is 325 g/mol. The van der Waals surface area contributed by atoms with Gasteiger partial charge < -0.3 is 14.8 Å². The molecule has 0 bridgehead atoms. The lowest BCUT2D eigenvalue weighted by atomic mass is 10.2. The van der Waals surface area contributed by atoms with Gasteiger partial charge in [0.15, 0.2) is 5.88 Å². The number of hydrogen-bond acceptors (Lipinski definition) is 6. The summed E-state index contributed by atoms with van der Waals surface area (Å²) in [7, 11) is 0. The lowest BCUT2D eigenvalue weighted by Gasteiger charge is -2.06. The summed E-state index contributed by atoms with van der Waals surface area (Å²) < 4.78 is 13.3. The van der Waals surface area contributed by atoms with Gasteiger partial charge in [-0.1, -0.05) is 23.2 Å². The number of halogens is 2. The molecule has 0 amide bonds. The van der Waals surface area contributed by atoms with Crippen LogP contribution in [-0.4, -0.2) is 19.8 Å². The Morgan fingerprint density at radius 3 is 2.70 bits per heavy atom. The molecule has 2 aromatic heterocycles. The van der Waals surface area contributed by atoms with Crippen molar-refractivity contribution in [2.45, 2.75) is 0 Å². The molecule has 6 nitrogen and oxygen atoms in total. The highest BCUT2D eigenvalue weighted by molar-refractivity contribution is 7.00. The first-order chi connectivity index (χ1) is 9.56. The van der Waals surface area contributed by atoms with Crippen LogP contribution in [0, 0.1) is 0 Å². The van der Waals surface area contributed by atoms with Crippen molar-refractivity contribution in [3.63, 3.8) is 0 Å². The number of furan rings is 1. The zero-order valence-corrected chi connectivity index (χ0v) is 11.9. The minimum Gasteiger partial charge on any atom is -0.475 e. The van der Waals surface area contributed by atoms with E-state index in [9.17, 15) is 4.79 Å². The first-order valence-corrected chi connectivity index (χ1v) is 6.75. The maximum absolute atomic E-state index is 10.8. The van der Waals surface area contributed by atoms with Crippen LogP contribution in [0.4, 0.5) is 11.6 Å². The fourth-order valence-electron chi connectivity index (χ4n) is 1.64. The van der Waals surface area contributed by atoms with Crippen LogP contribution in [0.3, 0.4) is 0 Å². The fourth-order valence-corrected chi connectivity index (χ4v) is 2.80. The van der Waals surface area contributed by atoms with E-state index in [0.717, 1.165) is 11.7 Å². The topological polar surface area (TPSA) is 88.2 Å². The number of carbonyl (C=O) groups is 1. The van der Waals surface area contributed by atoms with Crippen LogP contribution in [0.25, 0.3) is 11.0 Å². The van der Waals surface area contributed by atoms with Gasteiger partial charge in [-0.2, -0.15) is 8.75 Å². The summed E-state index contributed by atoms with van der Waals surface area (Å²) >= 11 is 13.1. The highest BCUT2D eigenvalue weighted by Crippen LogP contribution is 2.37. The van der Waals surface area contributed by atoms with E-state index in [4.69, 9.17) is 32.7 Å². The number of carboxylic acid groups (broad SMARTS) is 1. The molecular formula is C11H5Cl2N3O3S. The van der Waals surface area contributed by atoms with Crippen molar-refractivity contribution < 1.29 is 14.3 Å². The molecule has 0 atom stereocenters. The summed E-state index contributed by atoms with van der Waals surface area (Å²) in [6.45, 7) is 0. The molecule has 0 unspecified atom stereocenters. The maximum Gasteiger partial charge on any atom is 0.371 e. The first-order valence-electron chi connectivity index (χ1n) is 5.26. The standard InChI is InChI=1S/C11H5Cl2N3O3S/c12-4-3-5(13)9-10(16-20-15-9)8(4)14-7-2-1-6(19-7)11(17)18/h1-3,14H,(H,17,18). The van der Waals surface area contributed by atoms with Gasteiger partial charge in [-0.15, -0.1) is 0 Å². The Hall–Kier alpha value is -1.83. The molecule has 2 heterocycles. The molecule has 0 saturated carbocycles. The number of aromatic nitrogens is 2. The quantitative estimate of drug-likeness (QED) is 0.754. The van der Waals surface area contributed by atoms with Gasteiger partial charge in [-0.25, -0.2) is 4.79 Å². The van der Waals surface area contributed by atoms with Crippen LogP contribution in [0.2, 0.25) is 10.0 Å². The summed E-state index contributed by atoms with van der Waals surface area (Å²) in [6, 6.07) is 4.36. The van der Waals surface area contributed by atoms with Crippen molar-refractivity contribution in [3.8, 4) is 0 Å². The number of benzene rings is 1. The van der Waals surface area contributed by atoms with Crippen LogP contribution in [-0.2, 0) is 0 Å². The molecule has 20 heavy (non-hydrogen) atoms. The van der Waals surface area contributed by atoms with Crippen LogP contribution in [0.5, 0.6) is 0 Å². The minimum absolute atomic E-state index is 0.176. The summed E-state index contributed by atoms with van der Waals surface area (Å²) in [5, 5.41) is 12.4. The number of anilines is 2. The average molecular weight is 330 g/mol. The zero-order chi connectivity index (χ0) is 14.3. The third kappa shape index (κ3) is 2.20. The van der Waals surface area contributed by atoms with E-state index in [-0.39, 0.29) is 11.6 Å². The van der Waals surface area contributed by atoms with Gasteiger partial charge in [-0.05, 0) is 12.1 Å². The second-order valence-corrected chi connectivity index (χ2v) is 5.11. The summed E-state index contributed by atoms with van der Waals surface area (Å²) in [5.74, 6) is -1.09. The third-order valence-corrected chi connectivity index (χ3v) is 3.62. The molecule has 0 saturated heterocycles. The molecule has 0 radical (unpaired) electrons. The smallest absolute Gasteiger partial charge is 0.371 e. The molecule has 0 aliphatic rings. The predicted molar refractivity (Wildman–Crippen MR) is 76.4 cm³/mol. The second-order valence-electron chi connectivity index (χ2n) is 3.77. The molecule has 2 N–H and O–H groups in total. The van der Waals surface area contributed by atoms with E-state index in [1.54, 1.807) is 0 Å². The van der Waals surface area contributed by atoms with Gasteiger partial charge in [0.1, 0.15) is 11.0 Å². The van der Waals surface area contributed by atoms with E-state index in [2.05, 4.69) is 14.1 Å². The van der Waals surface area contributed by atoms with Gasteiger partial charge in [0, 0.05) is 6.07 Å². The molecule has 9 heteroatoms. The second kappa shape index (κ2) is 4.93. The molecule has 0 spiro atoms. The molecule has 1 aromatic carbocycles. The summed E-state index contributed by atoms with van der Waals surface area (Å²) in [5.41, 5.74) is 1.49. The van der Waals surface area contributed by atoms with Crippen LogP contribution >= 0.6 is 34.9 Å². The Labute approximate surface area is 126 Å². The Balaban J connectivity index is 2.05. The average Bonchev–Trinajstić information content (AvgIpc) is 3.03. The van der Waals surface area contributed by atoms with Crippen molar-refractivity contribution in [3.05, 3.63) is 34.0 Å². The van der Waals surface area contributed by atoms with Gasteiger partial charge in [-0.3, -0.25) is 0 Å². The number of aromatic carboxylic acids is 1. The number of nitrogens with one attached hydrogen (secondary N) is 1. The maximum atomic E-state index is 10.8. The van der Waals surface area contributed by atoms with E-state index in [1.807, 2.05) is 0 Å². The van der Waals surface area contributed by atoms with Crippen molar-refractivity contribution in [1.29, 1.82) is 0 Å². The summed E-state index contributed by atoms with van der Waals surface area (Å²) in [4.78, 5) is 10.8. The van der Waals surface area contributed by atoms with Gasteiger partial charge in [0.05, 0.1) is 27.5 Å². The van der Waals surface area contributed by atoms with Gasteiger partial charge >= 0.3 is 5.97 Å². The normalized spacial score (nSPS) is 10.9. The predicted octanol–water partition coefficient (Wildman–Crippen LogP) is 4.03. The minimum atomic E-state index is -1.15. The lowest BCUT2D eigenvalue weighted by Crippen LogP contribution is -1.94. The van der Waals surface area contributed by atoms with E-state index >= 15 is 0 Å². The third-order valence-electron chi connectivity index (χ3n) is 2.51. The van der Waals surface area contributed by atoms with Crippen LogP contribution in [0.1, 0.15) is 10.6 Å². The Morgan fingerprint density at radius 2 is 2.00 bits per heavy atom. The van der Waals surface area contributed by atoms with Crippen molar-refractivity contribution in [1.82, 2.24) is 8.75 Å².